The van der Waals surface area contributed by atoms with Crippen LogP contribution in [0.5, 0.6) is 5.75 Å². The van der Waals surface area contributed by atoms with Gasteiger partial charge in [0, 0.05) is 24.6 Å². The van der Waals surface area contributed by atoms with E-state index in [4.69, 9.17) is 4.74 Å². The average Bonchev–Trinajstić information content (AvgIpc) is 2.69. The molecule has 3 rings (SSSR count). The van der Waals surface area contributed by atoms with E-state index in [-0.39, 0.29) is 11.7 Å². The maximum Gasteiger partial charge on any atom is 0.243 e. The highest BCUT2D eigenvalue weighted by atomic mass is 32.2. The Kier molecular flexibility index (Phi) is 5.67. The zero-order valence-corrected chi connectivity index (χ0v) is 16.8. The summed E-state index contributed by atoms with van der Waals surface area (Å²) in [5.41, 5.74) is 2.31. The van der Waals surface area contributed by atoms with Gasteiger partial charge in [0.2, 0.25) is 10.0 Å². The first-order valence-electron chi connectivity index (χ1n) is 9.08. The van der Waals surface area contributed by atoms with Gasteiger partial charge in [0.1, 0.15) is 5.75 Å². The van der Waals surface area contributed by atoms with Crippen LogP contribution in [0.1, 0.15) is 34.3 Å². The fourth-order valence-corrected chi connectivity index (χ4v) is 5.25. The molecule has 1 heterocycles. The minimum absolute atomic E-state index is 0.0708. The normalized spacial score (nSPS) is 16.3. The van der Waals surface area contributed by atoms with Gasteiger partial charge in [0.25, 0.3) is 0 Å². The lowest BCUT2D eigenvalue weighted by Gasteiger charge is -2.31. The minimum Gasteiger partial charge on any atom is -0.497 e. The highest BCUT2D eigenvalue weighted by Crippen LogP contribution is 2.28. The third-order valence-corrected chi connectivity index (χ3v) is 7.20. The van der Waals surface area contributed by atoms with Crippen molar-refractivity contribution < 1.29 is 17.9 Å². The Hall–Kier alpha value is -2.18. The van der Waals surface area contributed by atoms with Crippen LogP contribution in [0.15, 0.2) is 47.4 Å². The molecule has 0 saturated carbocycles. The first-order chi connectivity index (χ1) is 12.8. The van der Waals surface area contributed by atoms with E-state index in [1.807, 2.05) is 26.0 Å². The maximum absolute atomic E-state index is 13.0. The molecule has 27 heavy (non-hydrogen) atoms. The summed E-state index contributed by atoms with van der Waals surface area (Å²) < 4.78 is 32.6. The van der Waals surface area contributed by atoms with Crippen LogP contribution in [0.25, 0.3) is 0 Å². The van der Waals surface area contributed by atoms with Gasteiger partial charge in [-0.1, -0.05) is 12.1 Å². The molecule has 1 saturated heterocycles. The van der Waals surface area contributed by atoms with Crippen molar-refractivity contribution in [3.63, 3.8) is 0 Å². The molecule has 0 unspecified atom stereocenters. The zero-order chi connectivity index (χ0) is 19.6. The molecular weight excluding hydrogens is 362 g/mol. The number of carbonyl (C=O) groups is 1. The fourth-order valence-electron chi connectivity index (χ4n) is 3.47. The second kappa shape index (κ2) is 7.82. The van der Waals surface area contributed by atoms with Crippen LogP contribution < -0.4 is 4.74 Å². The van der Waals surface area contributed by atoms with E-state index in [9.17, 15) is 13.2 Å². The predicted octanol–water partition coefficient (Wildman–Crippen LogP) is 3.60. The number of methoxy groups -OCH3 is 1. The van der Waals surface area contributed by atoms with Crippen LogP contribution in [0.2, 0.25) is 0 Å². The standard InChI is InChI=1S/C21H25NO4S/c1-15-4-5-16(2)20(14-15)27(24,25)22-12-10-18(11-13-22)21(23)17-6-8-19(26-3)9-7-17/h4-9,14,18H,10-13H2,1-3H3. The summed E-state index contributed by atoms with van der Waals surface area (Å²) in [6.45, 7) is 4.43. The van der Waals surface area contributed by atoms with Gasteiger partial charge in [-0.2, -0.15) is 4.31 Å². The number of Topliss-reactive ketones (excluding diaryl/α,β-unsaturated/α-hetero) is 1. The monoisotopic (exact) mass is 387 g/mol. The number of benzene rings is 2. The summed E-state index contributed by atoms with van der Waals surface area (Å²) in [4.78, 5) is 13.1. The van der Waals surface area contributed by atoms with Crippen LogP contribution in [-0.4, -0.2) is 38.7 Å². The molecule has 1 fully saturated rings. The van der Waals surface area contributed by atoms with Gasteiger partial charge in [0.15, 0.2) is 5.78 Å². The lowest BCUT2D eigenvalue weighted by atomic mass is 9.89. The Morgan fingerprint density at radius 3 is 2.26 bits per heavy atom. The van der Waals surface area contributed by atoms with Crippen molar-refractivity contribution >= 4 is 15.8 Å². The lowest BCUT2D eigenvalue weighted by molar-refractivity contribution is 0.0875. The number of rotatable bonds is 5. The molecule has 2 aromatic rings. The van der Waals surface area contributed by atoms with Crippen molar-refractivity contribution in [3.05, 3.63) is 59.2 Å². The van der Waals surface area contributed by atoms with Gasteiger partial charge in [0.05, 0.1) is 12.0 Å². The highest BCUT2D eigenvalue weighted by molar-refractivity contribution is 7.89. The number of sulfonamides is 1. The van der Waals surface area contributed by atoms with Crippen LogP contribution >= 0.6 is 0 Å². The summed E-state index contributed by atoms with van der Waals surface area (Å²) in [5.74, 6) is 0.630. The summed E-state index contributed by atoms with van der Waals surface area (Å²) >= 11 is 0. The molecule has 1 aliphatic rings. The van der Waals surface area contributed by atoms with E-state index in [1.165, 1.54) is 4.31 Å². The topological polar surface area (TPSA) is 63.7 Å². The molecule has 0 atom stereocenters. The first-order valence-corrected chi connectivity index (χ1v) is 10.5. The fraction of sp³-hybridized carbons (Fsp3) is 0.381. The van der Waals surface area contributed by atoms with Gasteiger partial charge >= 0.3 is 0 Å². The van der Waals surface area contributed by atoms with E-state index in [2.05, 4.69) is 0 Å². The second-order valence-electron chi connectivity index (χ2n) is 7.04. The second-order valence-corrected chi connectivity index (χ2v) is 8.95. The summed E-state index contributed by atoms with van der Waals surface area (Å²) in [5, 5.41) is 0. The number of hydrogen-bond acceptors (Lipinski definition) is 4. The maximum atomic E-state index is 13.0. The number of nitrogens with zero attached hydrogens (tertiary/aromatic N) is 1. The van der Waals surface area contributed by atoms with Crippen LogP contribution in [0.3, 0.4) is 0 Å². The molecule has 1 aliphatic heterocycles. The van der Waals surface area contributed by atoms with Crippen LogP contribution in [-0.2, 0) is 10.0 Å². The Morgan fingerprint density at radius 1 is 1.04 bits per heavy atom. The molecule has 0 spiro atoms. The Balaban J connectivity index is 1.70. The summed E-state index contributed by atoms with van der Waals surface area (Å²) in [6.07, 6.45) is 1.07. The Labute approximate surface area is 161 Å². The molecule has 0 radical (unpaired) electrons. The number of carbonyl (C=O) groups excluding carboxylic acids is 1. The van der Waals surface area contributed by atoms with E-state index in [1.54, 1.807) is 37.4 Å². The minimum atomic E-state index is -3.53. The van der Waals surface area contributed by atoms with Crippen molar-refractivity contribution in [2.24, 2.45) is 5.92 Å². The molecular formula is C21H25NO4S. The van der Waals surface area contributed by atoms with Crippen molar-refractivity contribution in [3.8, 4) is 5.75 Å². The van der Waals surface area contributed by atoms with Crippen LogP contribution in [0, 0.1) is 19.8 Å². The SMILES string of the molecule is COc1ccc(C(=O)C2CCN(S(=O)(=O)c3cc(C)ccc3C)CC2)cc1. The van der Waals surface area contributed by atoms with E-state index in [0.717, 1.165) is 11.1 Å². The van der Waals surface area contributed by atoms with E-state index in [0.29, 0.717) is 42.1 Å². The smallest absolute Gasteiger partial charge is 0.243 e. The molecule has 6 heteroatoms. The Bertz CT molecular complexity index is 927. The van der Waals surface area contributed by atoms with E-state index < -0.39 is 10.0 Å². The van der Waals surface area contributed by atoms with Crippen molar-refractivity contribution in [2.75, 3.05) is 20.2 Å². The zero-order valence-electron chi connectivity index (χ0n) is 15.9. The summed E-state index contributed by atoms with van der Waals surface area (Å²) in [6, 6.07) is 12.5. The van der Waals surface area contributed by atoms with Gasteiger partial charge in [-0.05, 0) is 68.1 Å². The molecule has 0 amide bonds. The third-order valence-electron chi connectivity index (χ3n) is 5.16. The molecule has 0 N–H and O–H groups in total. The Morgan fingerprint density at radius 2 is 1.67 bits per heavy atom. The number of ether oxygens (including phenoxy) is 1. The van der Waals surface area contributed by atoms with Gasteiger partial charge < -0.3 is 4.74 Å². The number of ketones is 1. The third kappa shape index (κ3) is 4.06. The molecule has 5 nitrogen and oxygen atoms in total. The lowest BCUT2D eigenvalue weighted by Crippen LogP contribution is -2.40. The first kappa shape index (κ1) is 19.6. The molecule has 2 aromatic carbocycles. The number of piperidine rings is 1. The molecule has 0 aromatic heterocycles. The quantitative estimate of drug-likeness (QED) is 0.736. The van der Waals surface area contributed by atoms with Gasteiger partial charge in [-0.3, -0.25) is 4.79 Å². The van der Waals surface area contributed by atoms with E-state index >= 15 is 0 Å². The molecule has 144 valence electrons. The number of hydrogen-bond donors (Lipinski definition) is 0. The average molecular weight is 388 g/mol. The van der Waals surface area contributed by atoms with Crippen molar-refractivity contribution in [2.45, 2.75) is 31.6 Å². The number of aryl methyl sites for hydroxylation is 2. The van der Waals surface area contributed by atoms with Crippen molar-refractivity contribution in [1.29, 1.82) is 0 Å². The molecule has 0 bridgehead atoms. The highest BCUT2D eigenvalue weighted by Gasteiger charge is 2.33. The van der Waals surface area contributed by atoms with Gasteiger partial charge in [-0.15, -0.1) is 0 Å². The van der Waals surface area contributed by atoms with Gasteiger partial charge in [-0.25, -0.2) is 8.42 Å². The largest absolute Gasteiger partial charge is 0.497 e. The van der Waals surface area contributed by atoms with Crippen LogP contribution in [0.4, 0.5) is 0 Å². The summed E-state index contributed by atoms with van der Waals surface area (Å²) in [7, 11) is -1.95. The molecule has 0 aliphatic carbocycles. The van der Waals surface area contributed by atoms with Crippen molar-refractivity contribution in [1.82, 2.24) is 4.31 Å². The predicted molar refractivity (Wildman–Crippen MR) is 105 cm³/mol.